The van der Waals surface area contributed by atoms with E-state index in [1.807, 2.05) is 32.6 Å². The molecule has 0 aliphatic carbocycles. The van der Waals surface area contributed by atoms with Gasteiger partial charge in [0.2, 0.25) is 5.95 Å². The number of amides is 1. The van der Waals surface area contributed by atoms with Crippen LogP contribution in [-0.2, 0) is 4.74 Å². The van der Waals surface area contributed by atoms with E-state index in [2.05, 4.69) is 9.97 Å². The lowest BCUT2D eigenvalue weighted by atomic mass is 10.1. The lowest BCUT2D eigenvalue weighted by molar-refractivity contribution is 0.0218. The van der Waals surface area contributed by atoms with Gasteiger partial charge >= 0.3 is 6.09 Å². The van der Waals surface area contributed by atoms with Crippen molar-refractivity contribution in [3.8, 4) is 11.3 Å². The lowest BCUT2D eigenvalue weighted by Crippen LogP contribution is -2.55. The molecule has 0 bridgehead atoms. The van der Waals surface area contributed by atoms with Crippen LogP contribution in [0.4, 0.5) is 23.9 Å². The second-order valence-electron chi connectivity index (χ2n) is 9.13. The van der Waals surface area contributed by atoms with Gasteiger partial charge < -0.3 is 14.5 Å². The van der Waals surface area contributed by atoms with Crippen LogP contribution in [0, 0.1) is 17.5 Å². The number of piperazine rings is 1. The Labute approximate surface area is 190 Å². The second-order valence-corrected chi connectivity index (χ2v) is 9.13. The van der Waals surface area contributed by atoms with E-state index in [1.165, 1.54) is 24.3 Å². The summed E-state index contributed by atoms with van der Waals surface area (Å²) in [5.41, 5.74) is 0.0448. The first kappa shape index (κ1) is 22.8. The molecule has 2 heterocycles. The molecule has 1 unspecified atom stereocenters. The van der Waals surface area contributed by atoms with Gasteiger partial charge in [-0.25, -0.2) is 27.9 Å². The molecule has 0 N–H and O–H groups in total. The van der Waals surface area contributed by atoms with Crippen LogP contribution >= 0.6 is 0 Å². The molecular weight excluding hydrogens is 433 g/mol. The molecular formula is C24H25F3N4O2. The van der Waals surface area contributed by atoms with Crippen LogP contribution < -0.4 is 4.90 Å². The van der Waals surface area contributed by atoms with E-state index in [0.29, 0.717) is 30.5 Å². The highest BCUT2D eigenvalue weighted by molar-refractivity contribution is 5.93. The molecule has 1 saturated heterocycles. The number of carbonyl (C=O) groups is 1. The number of rotatable bonds is 2. The van der Waals surface area contributed by atoms with Crippen LogP contribution in [0.25, 0.3) is 22.2 Å². The molecule has 1 fully saturated rings. The van der Waals surface area contributed by atoms with Crippen molar-refractivity contribution in [1.29, 1.82) is 0 Å². The molecule has 33 heavy (non-hydrogen) atoms. The summed E-state index contributed by atoms with van der Waals surface area (Å²) in [5, 5.41) is 0.450. The van der Waals surface area contributed by atoms with E-state index < -0.39 is 29.1 Å². The van der Waals surface area contributed by atoms with Gasteiger partial charge in [-0.15, -0.1) is 0 Å². The summed E-state index contributed by atoms with van der Waals surface area (Å²) in [6.07, 6.45) is -0.399. The van der Waals surface area contributed by atoms with Crippen molar-refractivity contribution in [2.75, 3.05) is 24.5 Å². The Morgan fingerprint density at radius 3 is 2.39 bits per heavy atom. The Bertz CT molecular complexity index is 1210. The second kappa shape index (κ2) is 8.53. The predicted molar refractivity (Wildman–Crippen MR) is 119 cm³/mol. The standard InChI is InChI=1S/C24H25F3N4O2/c1-14-13-30(23(32)33-24(2,3)4)9-10-31(14)22-28-20-12-16(26)6-8-18(20)21(29-22)17-7-5-15(25)11-19(17)27/h5-8,11-12,14H,9-10,13H2,1-4H3. The highest BCUT2D eigenvalue weighted by Crippen LogP contribution is 2.32. The fourth-order valence-corrected chi connectivity index (χ4v) is 3.85. The van der Waals surface area contributed by atoms with E-state index >= 15 is 0 Å². The van der Waals surface area contributed by atoms with Crippen LogP contribution in [-0.4, -0.2) is 52.2 Å². The van der Waals surface area contributed by atoms with E-state index in [4.69, 9.17) is 4.74 Å². The molecule has 0 saturated carbocycles. The van der Waals surface area contributed by atoms with Crippen molar-refractivity contribution in [2.24, 2.45) is 0 Å². The minimum absolute atomic E-state index is 0.0942. The van der Waals surface area contributed by atoms with Crippen LogP contribution in [0.2, 0.25) is 0 Å². The highest BCUT2D eigenvalue weighted by atomic mass is 19.1. The molecule has 174 valence electrons. The zero-order chi connectivity index (χ0) is 23.9. The third kappa shape index (κ3) is 4.86. The smallest absolute Gasteiger partial charge is 0.410 e. The van der Waals surface area contributed by atoms with Crippen LogP contribution in [0.15, 0.2) is 36.4 Å². The van der Waals surface area contributed by atoms with Crippen molar-refractivity contribution in [2.45, 2.75) is 39.3 Å². The number of hydrogen-bond donors (Lipinski definition) is 0. The summed E-state index contributed by atoms with van der Waals surface area (Å²) in [4.78, 5) is 25.1. The number of aromatic nitrogens is 2. The Kier molecular flexibility index (Phi) is 5.90. The van der Waals surface area contributed by atoms with E-state index in [0.717, 1.165) is 12.1 Å². The molecule has 1 aliphatic heterocycles. The number of hydrogen-bond acceptors (Lipinski definition) is 5. The topological polar surface area (TPSA) is 58.6 Å². The normalized spacial score (nSPS) is 16.9. The van der Waals surface area contributed by atoms with Crippen LogP contribution in [0.3, 0.4) is 0 Å². The predicted octanol–water partition coefficient (Wildman–Crippen LogP) is 5.16. The van der Waals surface area contributed by atoms with Crippen molar-refractivity contribution < 1.29 is 22.7 Å². The van der Waals surface area contributed by atoms with Crippen molar-refractivity contribution in [3.63, 3.8) is 0 Å². The first-order valence-corrected chi connectivity index (χ1v) is 10.7. The maximum atomic E-state index is 14.6. The van der Waals surface area contributed by atoms with Crippen molar-refractivity contribution in [1.82, 2.24) is 14.9 Å². The van der Waals surface area contributed by atoms with Gasteiger partial charge in [-0.1, -0.05) is 0 Å². The van der Waals surface area contributed by atoms with Gasteiger partial charge in [0.1, 0.15) is 23.1 Å². The molecule has 1 amide bonds. The summed E-state index contributed by atoms with van der Waals surface area (Å²) in [5.74, 6) is -1.68. The van der Waals surface area contributed by atoms with Gasteiger partial charge in [0.15, 0.2) is 0 Å². The Balaban J connectivity index is 1.71. The van der Waals surface area contributed by atoms with E-state index in [1.54, 1.807) is 4.90 Å². The Morgan fingerprint density at radius 1 is 1.03 bits per heavy atom. The number of ether oxygens (including phenoxy) is 1. The first-order valence-electron chi connectivity index (χ1n) is 10.7. The highest BCUT2D eigenvalue weighted by Gasteiger charge is 2.31. The number of nitrogens with zero attached hydrogens (tertiary/aromatic N) is 4. The van der Waals surface area contributed by atoms with Crippen molar-refractivity contribution >= 4 is 22.9 Å². The zero-order valence-electron chi connectivity index (χ0n) is 18.9. The maximum Gasteiger partial charge on any atom is 0.410 e. The minimum Gasteiger partial charge on any atom is -0.444 e. The van der Waals surface area contributed by atoms with E-state index in [9.17, 15) is 18.0 Å². The quantitative estimate of drug-likeness (QED) is 0.531. The van der Waals surface area contributed by atoms with Gasteiger partial charge in [0.25, 0.3) is 0 Å². The Hall–Kier alpha value is -3.36. The average Bonchev–Trinajstić information content (AvgIpc) is 2.71. The molecule has 3 aromatic rings. The number of benzene rings is 2. The molecule has 0 spiro atoms. The van der Waals surface area contributed by atoms with Gasteiger partial charge in [0, 0.05) is 48.8 Å². The third-order valence-electron chi connectivity index (χ3n) is 5.37. The molecule has 1 aromatic heterocycles. The maximum absolute atomic E-state index is 14.6. The van der Waals surface area contributed by atoms with Gasteiger partial charge in [-0.3, -0.25) is 0 Å². The summed E-state index contributed by atoms with van der Waals surface area (Å²) in [6.45, 7) is 8.50. The molecule has 0 radical (unpaired) electrons. The summed E-state index contributed by atoms with van der Waals surface area (Å²) in [7, 11) is 0. The molecule has 6 nitrogen and oxygen atoms in total. The fourth-order valence-electron chi connectivity index (χ4n) is 3.85. The van der Waals surface area contributed by atoms with Gasteiger partial charge in [-0.2, -0.15) is 0 Å². The summed E-state index contributed by atoms with van der Waals surface area (Å²) < 4.78 is 47.5. The minimum atomic E-state index is -0.770. The van der Waals surface area contributed by atoms with Gasteiger partial charge in [0.05, 0.1) is 11.2 Å². The molecule has 1 aliphatic rings. The lowest BCUT2D eigenvalue weighted by Gasteiger charge is -2.40. The first-order chi connectivity index (χ1) is 15.5. The third-order valence-corrected chi connectivity index (χ3v) is 5.37. The van der Waals surface area contributed by atoms with Crippen LogP contribution in [0.1, 0.15) is 27.7 Å². The fraction of sp³-hybridized carbons (Fsp3) is 0.375. The molecule has 9 heteroatoms. The zero-order valence-corrected chi connectivity index (χ0v) is 18.9. The SMILES string of the molecule is CC1CN(C(=O)OC(C)(C)C)CCN1c1nc(-c2ccc(F)cc2F)c2ccc(F)cc2n1. The molecule has 1 atom stereocenters. The van der Waals surface area contributed by atoms with Gasteiger partial charge in [-0.05, 0) is 52.0 Å². The number of anilines is 1. The number of fused-ring (bicyclic) bond motifs is 1. The van der Waals surface area contributed by atoms with Crippen LogP contribution in [0.5, 0.6) is 0 Å². The van der Waals surface area contributed by atoms with E-state index in [-0.39, 0.29) is 23.2 Å². The monoisotopic (exact) mass is 458 g/mol. The molecule has 2 aromatic carbocycles. The number of carbonyl (C=O) groups excluding carboxylic acids is 1. The number of halogens is 3. The molecule has 4 rings (SSSR count). The average molecular weight is 458 g/mol. The Morgan fingerprint density at radius 2 is 1.73 bits per heavy atom. The largest absolute Gasteiger partial charge is 0.444 e. The summed E-state index contributed by atoms with van der Waals surface area (Å²) in [6, 6.07) is 7.06. The summed E-state index contributed by atoms with van der Waals surface area (Å²) >= 11 is 0. The van der Waals surface area contributed by atoms with Crippen molar-refractivity contribution in [3.05, 3.63) is 53.8 Å².